The molecule has 0 bridgehead atoms. The second-order valence-corrected chi connectivity index (χ2v) is 11.4. The van der Waals surface area contributed by atoms with Crippen molar-refractivity contribution in [1.29, 1.82) is 5.26 Å². The van der Waals surface area contributed by atoms with Crippen LogP contribution in [0.1, 0.15) is 46.5 Å². The molecule has 0 aromatic carbocycles. The molecule has 7 atom stereocenters. The quantitative estimate of drug-likeness (QED) is 0.423. The second kappa shape index (κ2) is 9.15. The Labute approximate surface area is 212 Å². The first kappa shape index (κ1) is 27.2. The first-order valence-electron chi connectivity index (χ1n) is 12.4. The van der Waals surface area contributed by atoms with Crippen molar-refractivity contribution in [1.82, 2.24) is 20.9 Å². The van der Waals surface area contributed by atoms with Gasteiger partial charge in [-0.1, -0.05) is 13.8 Å². The number of hydrogen-bond acceptors (Lipinski definition) is 6. The fourth-order valence-corrected chi connectivity index (χ4v) is 6.07. The molecule has 2 heterocycles. The van der Waals surface area contributed by atoms with E-state index in [0.717, 1.165) is 12.8 Å². The third kappa shape index (κ3) is 5.00. The Morgan fingerprint density at radius 1 is 1.27 bits per heavy atom. The average Bonchev–Trinajstić information content (AvgIpc) is 3.54. The fourth-order valence-electron chi connectivity index (χ4n) is 6.07. The molecule has 2 aliphatic carbocycles. The number of nitriles is 1. The van der Waals surface area contributed by atoms with Gasteiger partial charge in [0.1, 0.15) is 18.1 Å². The van der Waals surface area contributed by atoms with E-state index in [-0.39, 0.29) is 41.7 Å². The minimum absolute atomic E-state index is 0.0695. The van der Waals surface area contributed by atoms with E-state index < -0.39 is 54.0 Å². The van der Waals surface area contributed by atoms with Crippen molar-refractivity contribution in [2.45, 2.75) is 82.4 Å². The van der Waals surface area contributed by atoms with Gasteiger partial charge in [-0.3, -0.25) is 19.2 Å². The van der Waals surface area contributed by atoms with Gasteiger partial charge in [0.25, 0.3) is 0 Å². The van der Waals surface area contributed by atoms with Gasteiger partial charge in [0, 0.05) is 25.1 Å². The predicted octanol–water partition coefficient (Wildman–Crippen LogP) is 0.619. The van der Waals surface area contributed by atoms with Gasteiger partial charge in [0.05, 0.1) is 12.2 Å². The molecule has 1 spiro atoms. The second-order valence-electron chi connectivity index (χ2n) is 11.4. The van der Waals surface area contributed by atoms with E-state index in [1.54, 1.807) is 5.32 Å². The lowest BCUT2D eigenvalue weighted by Crippen LogP contribution is -2.60. The molecule has 2 saturated carbocycles. The third-order valence-corrected chi connectivity index (χ3v) is 8.65. The zero-order chi connectivity index (χ0) is 27.5. The monoisotopic (exact) mass is 527 g/mol. The number of fused-ring (bicyclic) bond motifs is 1. The van der Waals surface area contributed by atoms with Crippen LogP contribution in [-0.4, -0.2) is 78.1 Å². The normalized spacial score (nSPS) is 31.0. The lowest BCUT2D eigenvalue weighted by atomic mass is 9.95. The van der Waals surface area contributed by atoms with Gasteiger partial charge < -0.3 is 25.6 Å². The summed E-state index contributed by atoms with van der Waals surface area (Å²) in [5, 5.41) is 17.0. The topological polar surface area (TPSA) is 141 Å². The van der Waals surface area contributed by atoms with Crippen molar-refractivity contribution in [2.75, 3.05) is 13.7 Å². The molecule has 4 amide bonds. The minimum atomic E-state index is -5.20. The number of nitrogens with zero attached hydrogens (tertiary/aromatic N) is 2. The molecule has 4 aliphatic rings. The van der Waals surface area contributed by atoms with Crippen LogP contribution in [0.2, 0.25) is 0 Å². The van der Waals surface area contributed by atoms with E-state index in [4.69, 9.17) is 4.74 Å². The van der Waals surface area contributed by atoms with Gasteiger partial charge in [-0.2, -0.15) is 18.4 Å². The molecule has 3 unspecified atom stereocenters. The van der Waals surface area contributed by atoms with Gasteiger partial charge in [-0.25, -0.2) is 0 Å². The van der Waals surface area contributed by atoms with Crippen molar-refractivity contribution < 1.29 is 37.1 Å². The molecule has 4 rings (SSSR count). The number of rotatable bonds is 8. The summed E-state index contributed by atoms with van der Waals surface area (Å²) < 4.78 is 43.8. The van der Waals surface area contributed by atoms with Gasteiger partial charge in [-0.15, -0.1) is 0 Å². The molecule has 0 radical (unpaired) electrons. The van der Waals surface area contributed by atoms with Crippen LogP contribution in [0.25, 0.3) is 0 Å². The summed E-state index contributed by atoms with van der Waals surface area (Å²) in [7, 11) is 1.20. The maximum atomic E-state index is 13.4. The summed E-state index contributed by atoms with van der Waals surface area (Å²) in [6, 6.07) is -1.66. The van der Waals surface area contributed by atoms with E-state index in [1.807, 2.05) is 19.9 Å². The lowest BCUT2D eigenvalue weighted by molar-refractivity contribution is -0.176. The summed E-state index contributed by atoms with van der Waals surface area (Å²) >= 11 is 0. The van der Waals surface area contributed by atoms with Gasteiger partial charge in [-0.05, 0) is 49.9 Å². The molecular weight excluding hydrogens is 495 g/mol. The molecule has 2 saturated heterocycles. The lowest BCUT2D eigenvalue weighted by Gasteiger charge is -2.35. The number of likely N-dealkylation sites (tertiary alicyclic amines) is 1. The molecule has 0 aromatic heterocycles. The number of carbonyl (C=O) groups is 4. The summed E-state index contributed by atoms with van der Waals surface area (Å²) in [6.07, 6.45) is -3.80. The number of methoxy groups -OCH3 is 1. The highest BCUT2D eigenvalue weighted by atomic mass is 19.4. The molecule has 10 nitrogen and oxygen atoms in total. The molecule has 204 valence electrons. The van der Waals surface area contributed by atoms with Crippen LogP contribution < -0.4 is 16.0 Å². The molecule has 13 heteroatoms. The van der Waals surface area contributed by atoms with Crippen LogP contribution in [0.15, 0.2) is 0 Å². The van der Waals surface area contributed by atoms with Crippen molar-refractivity contribution in [2.24, 2.45) is 23.2 Å². The Morgan fingerprint density at radius 3 is 2.43 bits per heavy atom. The van der Waals surface area contributed by atoms with E-state index in [1.165, 1.54) is 18.9 Å². The average molecular weight is 528 g/mol. The Bertz CT molecular complexity index is 1040. The molecule has 4 fully saturated rings. The Hall–Kier alpha value is -2.88. The van der Waals surface area contributed by atoms with Crippen molar-refractivity contribution in [3.05, 3.63) is 0 Å². The standard InChI is InChI=1S/C24H32F3N5O5/c1-11(37-4)16(30-21(36)24(25,26)27)20(35)32-10-14-15(22(14,2)3)17(32)19(34)29-13(9-28)7-12-8-23(5-6-23)31-18(12)33/h11-17H,5-8,10H2,1-4H3,(H,29,34)(H,30,36)(H,31,33)/t11-,12-,13+,14?,15?,16+,17?/m1/s1. The van der Waals surface area contributed by atoms with Crippen LogP contribution >= 0.6 is 0 Å². The number of ether oxygens (including phenoxy) is 1. The SMILES string of the molecule is CO[C@H](C)[C@H](NC(=O)C(F)(F)F)C(=O)N1CC2C(C1C(=O)N[C@H](C#N)C[C@@H]1CC3(CC3)NC1=O)C2(C)C. The van der Waals surface area contributed by atoms with Gasteiger partial charge >= 0.3 is 12.1 Å². The maximum Gasteiger partial charge on any atom is 0.471 e. The molecule has 3 N–H and O–H groups in total. The number of hydrogen-bond donors (Lipinski definition) is 3. The predicted molar refractivity (Wildman–Crippen MR) is 121 cm³/mol. The van der Waals surface area contributed by atoms with Crippen molar-refractivity contribution in [3.63, 3.8) is 0 Å². The van der Waals surface area contributed by atoms with Crippen LogP contribution in [0.3, 0.4) is 0 Å². The molecular formula is C24H32F3N5O5. The number of halogens is 3. The largest absolute Gasteiger partial charge is 0.471 e. The van der Waals surface area contributed by atoms with Crippen molar-refractivity contribution in [3.8, 4) is 6.07 Å². The molecule has 2 aliphatic heterocycles. The first-order valence-corrected chi connectivity index (χ1v) is 12.4. The van der Waals surface area contributed by atoms with Crippen LogP contribution in [-0.2, 0) is 23.9 Å². The number of nitrogens with one attached hydrogen (secondary N) is 3. The summed E-state index contributed by atoms with van der Waals surface area (Å²) in [5.74, 6) is -4.66. The van der Waals surface area contributed by atoms with E-state index in [9.17, 15) is 37.6 Å². The van der Waals surface area contributed by atoms with Gasteiger partial charge in [0.2, 0.25) is 17.7 Å². The summed E-state index contributed by atoms with van der Waals surface area (Å²) in [4.78, 5) is 52.0. The van der Waals surface area contributed by atoms with E-state index in [2.05, 4.69) is 10.6 Å². The smallest absolute Gasteiger partial charge is 0.379 e. The summed E-state index contributed by atoms with van der Waals surface area (Å²) in [6.45, 7) is 5.34. The molecule has 0 aromatic rings. The van der Waals surface area contributed by atoms with E-state index >= 15 is 0 Å². The highest BCUT2D eigenvalue weighted by Crippen LogP contribution is 2.65. The fraction of sp³-hybridized carbons (Fsp3) is 0.792. The van der Waals surface area contributed by atoms with Crippen LogP contribution in [0, 0.1) is 34.5 Å². The highest BCUT2D eigenvalue weighted by Gasteiger charge is 2.70. The van der Waals surface area contributed by atoms with Crippen molar-refractivity contribution >= 4 is 23.6 Å². The van der Waals surface area contributed by atoms with Crippen LogP contribution in [0.5, 0.6) is 0 Å². The zero-order valence-corrected chi connectivity index (χ0v) is 21.1. The number of alkyl halides is 3. The first-order chi connectivity index (χ1) is 17.1. The Morgan fingerprint density at radius 2 is 1.92 bits per heavy atom. The Kier molecular flexibility index (Phi) is 6.72. The third-order valence-electron chi connectivity index (χ3n) is 8.65. The van der Waals surface area contributed by atoms with Crippen LogP contribution in [0.4, 0.5) is 13.2 Å². The number of piperidine rings is 1. The Balaban J connectivity index is 1.49. The van der Waals surface area contributed by atoms with Gasteiger partial charge in [0.15, 0.2) is 0 Å². The summed E-state index contributed by atoms with van der Waals surface area (Å²) in [5.41, 5.74) is -0.470. The highest BCUT2D eigenvalue weighted by molar-refractivity contribution is 5.95. The van der Waals surface area contributed by atoms with E-state index in [0.29, 0.717) is 6.42 Å². The molecule has 37 heavy (non-hydrogen) atoms. The number of amides is 4. The zero-order valence-electron chi connectivity index (χ0n) is 21.1. The maximum absolute atomic E-state index is 13.4. The number of carbonyl (C=O) groups excluding carboxylic acids is 4. The minimum Gasteiger partial charge on any atom is -0.379 e.